The largest absolute Gasteiger partial charge is 0.416 e. The van der Waals surface area contributed by atoms with Crippen LogP contribution in [0.25, 0.3) is 0 Å². The van der Waals surface area contributed by atoms with E-state index in [1.165, 1.54) is 13.1 Å². The number of imide groups is 2. The molecule has 1 aromatic rings. The lowest BCUT2D eigenvalue weighted by Gasteiger charge is -2.53. The highest BCUT2D eigenvalue weighted by Crippen LogP contribution is 2.46. The number of hydrogen-bond acceptors (Lipinski definition) is 5. The highest BCUT2D eigenvalue weighted by Gasteiger charge is 2.62. The van der Waals surface area contributed by atoms with Gasteiger partial charge in [-0.3, -0.25) is 19.8 Å². The normalized spacial score (nSPS) is 28.1. The summed E-state index contributed by atoms with van der Waals surface area (Å²) in [6.45, 7) is 0.697. The summed E-state index contributed by atoms with van der Waals surface area (Å²) in [5.41, 5.74) is -1.78. The smallest absolute Gasteiger partial charge is 0.377 e. The first-order valence-corrected chi connectivity index (χ1v) is 8.34. The van der Waals surface area contributed by atoms with E-state index in [1.54, 1.807) is 4.90 Å². The molecule has 3 aliphatic rings. The number of alkyl halides is 3. The quantitative estimate of drug-likeness (QED) is 0.681. The Morgan fingerprint density at radius 3 is 2.70 bits per heavy atom. The molecule has 0 saturated carbocycles. The van der Waals surface area contributed by atoms with Crippen molar-refractivity contribution in [1.82, 2.24) is 10.2 Å². The van der Waals surface area contributed by atoms with E-state index in [-0.39, 0.29) is 18.6 Å². The minimum absolute atomic E-state index is 0.0572. The molecule has 0 aromatic heterocycles. The molecule has 1 N–H and O–H groups in total. The van der Waals surface area contributed by atoms with E-state index in [4.69, 9.17) is 4.74 Å². The number of carbonyl (C=O) groups is 3. The Hall–Kier alpha value is -2.62. The second-order valence-corrected chi connectivity index (χ2v) is 6.90. The van der Waals surface area contributed by atoms with Gasteiger partial charge >= 0.3 is 12.2 Å². The van der Waals surface area contributed by atoms with E-state index < -0.39 is 41.0 Å². The topological polar surface area (TPSA) is 79.0 Å². The molecule has 144 valence electrons. The Morgan fingerprint density at radius 2 is 2.00 bits per heavy atom. The van der Waals surface area contributed by atoms with Gasteiger partial charge in [-0.05, 0) is 30.2 Å². The maximum atomic E-state index is 13.2. The number of rotatable bonds is 0. The predicted octanol–water partition coefficient (Wildman–Crippen LogP) is 1.16. The number of nitrogens with zero attached hydrogens (tertiary/aromatic N) is 2. The van der Waals surface area contributed by atoms with Gasteiger partial charge in [0.25, 0.3) is 0 Å². The van der Waals surface area contributed by atoms with Crippen LogP contribution in [-0.4, -0.2) is 55.6 Å². The molecule has 10 heteroatoms. The van der Waals surface area contributed by atoms with E-state index in [0.717, 1.165) is 17.0 Å². The second-order valence-electron chi connectivity index (χ2n) is 6.90. The number of nitrogens with one attached hydrogen (secondary N) is 1. The van der Waals surface area contributed by atoms with E-state index in [0.29, 0.717) is 18.8 Å². The van der Waals surface area contributed by atoms with Crippen LogP contribution in [0.5, 0.6) is 0 Å². The van der Waals surface area contributed by atoms with Crippen molar-refractivity contribution in [1.29, 1.82) is 0 Å². The van der Waals surface area contributed by atoms with Gasteiger partial charge in [0, 0.05) is 19.3 Å². The summed E-state index contributed by atoms with van der Waals surface area (Å²) in [4.78, 5) is 40.2. The number of morpholine rings is 1. The van der Waals surface area contributed by atoms with Crippen LogP contribution in [-0.2, 0) is 26.9 Å². The molecule has 3 heterocycles. The Bertz CT molecular complexity index is 856. The third kappa shape index (κ3) is 2.43. The highest BCUT2D eigenvalue weighted by atomic mass is 19.4. The molecule has 27 heavy (non-hydrogen) atoms. The first kappa shape index (κ1) is 17.8. The molecule has 0 bridgehead atoms. The average Bonchev–Trinajstić information content (AvgIpc) is 2.63. The molecule has 1 spiro atoms. The van der Waals surface area contributed by atoms with Gasteiger partial charge in [0.15, 0.2) is 5.41 Å². The molecule has 2 saturated heterocycles. The first-order valence-electron chi connectivity index (χ1n) is 8.34. The van der Waals surface area contributed by atoms with Crippen molar-refractivity contribution in [3.05, 3.63) is 29.3 Å². The van der Waals surface area contributed by atoms with Gasteiger partial charge in [0.1, 0.15) is 0 Å². The summed E-state index contributed by atoms with van der Waals surface area (Å²) < 4.78 is 44.9. The van der Waals surface area contributed by atoms with Crippen LogP contribution in [0, 0.1) is 5.41 Å². The number of halogens is 3. The molecule has 4 rings (SSSR count). The Morgan fingerprint density at radius 1 is 1.26 bits per heavy atom. The Balaban J connectivity index is 1.89. The number of ether oxygens (including phenoxy) is 1. The number of urea groups is 1. The fraction of sp³-hybridized carbons (Fsp3) is 0.471. The number of benzene rings is 1. The van der Waals surface area contributed by atoms with Gasteiger partial charge in [-0.1, -0.05) is 0 Å². The number of carbonyl (C=O) groups excluding carboxylic acids is 3. The van der Waals surface area contributed by atoms with Crippen molar-refractivity contribution in [2.75, 3.05) is 31.7 Å². The highest BCUT2D eigenvalue weighted by molar-refractivity contribution is 6.20. The maximum Gasteiger partial charge on any atom is 0.416 e. The van der Waals surface area contributed by atoms with Crippen molar-refractivity contribution in [3.63, 3.8) is 0 Å². The summed E-state index contributed by atoms with van der Waals surface area (Å²) in [6, 6.07) is 1.76. The molecule has 1 aromatic carbocycles. The average molecular weight is 383 g/mol. The van der Waals surface area contributed by atoms with Gasteiger partial charge in [0.2, 0.25) is 11.8 Å². The van der Waals surface area contributed by atoms with Crippen molar-refractivity contribution >= 4 is 23.5 Å². The zero-order valence-corrected chi connectivity index (χ0v) is 14.3. The van der Waals surface area contributed by atoms with Crippen molar-refractivity contribution < 1.29 is 32.3 Å². The van der Waals surface area contributed by atoms with E-state index in [2.05, 4.69) is 5.32 Å². The monoisotopic (exact) mass is 383 g/mol. The first-order chi connectivity index (χ1) is 12.7. The SMILES string of the molecule is CN1C(=O)NC(=O)[C@]2(Cc3cc(C(F)(F)F)ccc3N3CCOC[C@H]32)C1=O. The molecule has 2 fully saturated rings. The Labute approximate surface area is 152 Å². The lowest BCUT2D eigenvalue weighted by molar-refractivity contribution is -0.155. The van der Waals surface area contributed by atoms with Crippen molar-refractivity contribution in [3.8, 4) is 0 Å². The van der Waals surface area contributed by atoms with Gasteiger partial charge < -0.3 is 9.64 Å². The molecule has 0 unspecified atom stereocenters. The van der Waals surface area contributed by atoms with Crippen LogP contribution in [0.4, 0.5) is 23.7 Å². The van der Waals surface area contributed by atoms with Crippen LogP contribution in [0.15, 0.2) is 18.2 Å². The van der Waals surface area contributed by atoms with Crippen LogP contribution >= 0.6 is 0 Å². The minimum Gasteiger partial charge on any atom is -0.377 e. The summed E-state index contributed by atoms with van der Waals surface area (Å²) in [6.07, 6.45) is -4.78. The molecule has 2 atom stereocenters. The molecule has 0 aliphatic carbocycles. The molecular weight excluding hydrogens is 367 g/mol. The molecule has 4 amide bonds. The third-order valence-electron chi connectivity index (χ3n) is 5.50. The third-order valence-corrected chi connectivity index (χ3v) is 5.50. The van der Waals surface area contributed by atoms with E-state index >= 15 is 0 Å². The number of amides is 4. The summed E-state index contributed by atoms with van der Waals surface area (Å²) in [7, 11) is 1.24. The summed E-state index contributed by atoms with van der Waals surface area (Å²) in [5.74, 6) is -1.54. The molecular formula is C17H16F3N3O4. The van der Waals surface area contributed by atoms with E-state index in [1.807, 2.05) is 0 Å². The minimum atomic E-state index is -4.55. The summed E-state index contributed by atoms with van der Waals surface area (Å²) in [5, 5.41) is 2.15. The fourth-order valence-electron chi connectivity index (χ4n) is 4.13. The summed E-state index contributed by atoms with van der Waals surface area (Å²) >= 11 is 0. The van der Waals surface area contributed by atoms with Gasteiger partial charge in [-0.15, -0.1) is 0 Å². The van der Waals surface area contributed by atoms with Gasteiger partial charge in [0.05, 0.1) is 24.8 Å². The van der Waals surface area contributed by atoms with Crippen molar-refractivity contribution in [2.45, 2.75) is 18.6 Å². The zero-order chi connectivity index (χ0) is 19.6. The Kier molecular flexibility index (Phi) is 3.74. The van der Waals surface area contributed by atoms with E-state index in [9.17, 15) is 27.6 Å². The number of hydrogen-bond donors (Lipinski definition) is 1. The van der Waals surface area contributed by atoms with Gasteiger partial charge in [-0.2, -0.15) is 13.2 Å². The number of fused-ring (bicyclic) bond motifs is 4. The van der Waals surface area contributed by atoms with Crippen LogP contribution < -0.4 is 10.2 Å². The van der Waals surface area contributed by atoms with Crippen LogP contribution in [0.2, 0.25) is 0 Å². The molecule has 7 nitrogen and oxygen atoms in total. The van der Waals surface area contributed by atoms with Gasteiger partial charge in [-0.25, -0.2) is 4.79 Å². The maximum absolute atomic E-state index is 13.2. The number of anilines is 1. The van der Waals surface area contributed by atoms with Crippen LogP contribution in [0.3, 0.4) is 0 Å². The van der Waals surface area contributed by atoms with Crippen LogP contribution in [0.1, 0.15) is 11.1 Å². The standard InChI is InChI=1S/C17H16F3N3O4/c1-22-14(25)16(13(24)21-15(22)26)7-9-6-10(17(18,19)20)2-3-11(9)23-4-5-27-8-12(16)23/h2-3,6,12H,4-5,7-8H2,1H3,(H,21,24,26)/t12-,16+/m0/s1. The molecule has 3 aliphatic heterocycles. The zero-order valence-electron chi connectivity index (χ0n) is 14.3. The number of barbiturate groups is 1. The van der Waals surface area contributed by atoms with Crippen molar-refractivity contribution in [2.24, 2.45) is 5.41 Å². The lowest BCUT2D eigenvalue weighted by atomic mass is 9.68. The predicted molar refractivity (Wildman–Crippen MR) is 85.8 cm³/mol. The lowest BCUT2D eigenvalue weighted by Crippen LogP contribution is -2.73. The molecule has 0 radical (unpaired) electrons. The second kappa shape index (κ2) is 5.69. The fourth-order valence-corrected chi connectivity index (χ4v) is 4.13.